The van der Waals surface area contributed by atoms with Gasteiger partial charge in [-0.2, -0.15) is 0 Å². The second-order valence-corrected chi connectivity index (χ2v) is 1.71. The summed E-state index contributed by atoms with van der Waals surface area (Å²) in [7, 11) is 1.62. The second kappa shape index (κ2) is 2.23. The molecule has 0 atom stereocenters. The molecule has 0 saturated heterocycles. The molecule has 0 fully saturated rings. The molecule has 1 aliphatic heterocycles. The third-order valence-electron chi connectivity index (χ3n) is 0.619. The molecule has 1 N–H and O–H groups in total. The maximum Gasteiger partial charge on any atom is 0.144 e. The van der Waals surface area contributed by atoms with Gasteiger partial charge >= 0.3 is 0 Å². The molecule has 0 aromatic carbocycles. The SMILES string of the molecule is COC1=CSN[C]1. The Hall–Kier alpha value is -0.150. The molecule has 1 heterocycles. The van der Waals surface area contributed by atoms with Crippen molar-refractivity contribution in [3.05, 3.63) is 17.7 Å². The van der Waals surface area contributed by atoms with Crippen molar-refractivity contribution in [1.82, 2.24) is 4.72 Å². The standard InChI is InChI=1S/C4H5NOS/c1-6-4-2-5-7-3-4/h3,5H,1H3. The summed E-state index contributed by atoms with van der Waals surface area (Å²) in [6, 6.07) is 0. The number of hydrogen-bond donors (Lipinski definition) is 1. The molecule has 0 saturated carbocycles. The molecule has 1 aliphatic rings. The summed E-state index contributed by atoms with van der Waals surface area (Å²) in [5.74, 6) is 0.769. The fourth-order valence-electron chi connectivity index (χ4n) is 0.291. The van der Waals surface area contributed by atoms with E-state index in [0.717, 1.165) is 5.76 Å². The van der Waals surface area contributed by atoms with E-state index >= 15 is 0 Å². The van der Waals surface area contributed by atoms with Gasteiger partial charge in [0.1, 0.15) is 12.3 Å². The normalized spacial score (nSPS) is 19.3. The van der Waals surface area contributed by atoms with E-state index in [1.807, 2.05) is 5.41 Å². The first-order chi connectivity index (χ1) is 3.43. The van der Waals surface area contributed by atoms with Crippen LogP contribution in [-0.4, -0.2) is 7.11 Å². The minimum atomic E-state index is 0.769. The van der Waals surface area contributed by atoms with Crippen LogP contribution in [0.5, 0.6) is 0 Å². The van der Waals surface area contributed by atoms with Crippen LogP contribution in [0, 0.1) is 6.54 Å². The number of rotatable bonds is 1. The summed E-state index contributed by atoms with van der Waals surface area (Å²) in [5, 5.41) is 1.85. The van der Waals surface area contributed by atoms with Gasteiger partial charge in [0.05, 0.1) is 7.11 Å². The van der Waals surface area contributed by atoms with Crippen LogP contribution in [0.25, 0.3) is 0 Å². The Morgan fingerprint density at radius 3 is 3.14 bits per heavy atom. The maximum atomic E-state index is 4.78. The predicted molar refractivity (Wildman–Crippen MR) is 29.1 cm³/mol. The molecule has 2 radical (unpaired) electrons. The lowest BCUT2D eigenvalue weighted by atomic mass is 10.6. The molecular weight excluding hydrogens is 110 g/mol. The smallest absolute Gasteiger partial charge is 0.144 e. The van der Waals surface area contributed by atoms with E-state index in [1.165, 1.54) is 11.9 Å². The maximum absolute atomic E-state index is 4.78. The molecule has 3 heteroatoms. The van der Waals surface area contributed by atoms with Crippen molar-refractivity contribution < 1.29 is 4.74 Å². The summed E-state index contributed by atoms with van der Waals surface area (Å²) in [6.45, 7) is 2.76. The van der Waals surface area contributed by atoms with E-state index in [4.69, 9.17) is 4.74 Å². The van der Waals surface area contributed by atoms with Gasteiger partial charge in [-0.3, -0.25) is 0 Å². The van der Waals surface area contributed by atoms with E-state index < -0.39 is 0 Å². The van der Waals surface area contributed by atoms with Gasteiger partial charge in [0.25, 0.3) is 0 Å². The van der Waals surface area contributed by atoms with E-state index in [2.05, 4.69) is 11.3 Å². The topological polar surface area (TPSA) is 21.3 Å². The first-order valence-electron chi connectivity index (χ1n) is 1.84. The second-order valence-electron chi connectivity index (χ2n) is 1.03. The summed E-state index contributed by atoms with van der Waals surface area (Å²) in [6.07, 6.45) is 0. The zero-order valence-electron chi connectivity index (χ0n) is 3.89. The minimum absolute atomic E-state index is 0.769. The highest BCUT2D eigenvalue weighted by atomic mass is 32.2. The molecule has 1 rings (SSSR count). The van der Waals surface area contributed by atoms with Crippen LogP contribution >= 0.6 is 11.9 Å². The van der Waals surface area contributed by atoms with E-state index in [0.29, 0.717) is 0 Å². The van der Waals surface area contributed by atoms with Crippen molar-refractivity contribution in [2.75, 3.05) is 7.11 Å². The monoisotopic (exact) mass is 115 g/mol. The summed E-state index contributed by atoms with van der Waals surface area (Å²) in [5.41, 5.74) is 0. The average Bonchev–Trinajstić information content (AvgIpc) is 2.14. The zero-order valence-corrected chi connectivity index (χ0v) is 4.71. The van der Waals surface area contributed by atoms with Crippen molar-refractivity contribution in [3.8, 4) is 0 Å². The molecule has 0 amide bonds. The van der Waals surface area contributed by atoms with Crippen LogP contribution < -0.4 is 4.72 Å². The third-order valence-corrected chi connectivity index (χ3v) is 1.17. The lowest BCUT2D eigenvalue weighted by Crippen LogP contribution is -1.92. The van der Waals surface area contributed by atoms with Crippen LogP contribution in [-0.2, 0) is 4.74 Å². The molecule has 38 valence electrons. The molecule has 2 nitrogen and oxygen atoms in total. The Balaban J connectivity index is 2.36. The van der Waals surface area contributed by atoms with Gasteiger partial charge in [0, 0.05) is 5.41 Å². The average molecular weight is 115 g/mol. The number of hydrogen-bond acceptors (Lipinski definition) is 3. The fourth-order valence-corrected chi connectivity index (χ4v) is 0.772. The summed E-state index contributed by atoms with van der Waals surface area (Å²) < 4.78 is 7.55. The summed E-state index contributed by atoms with van der Waals surface area (Å²) >= 11 is 1.46. The molecule has 0 unspecified atom stereocenters. The number of methoxy groups -OCH3 is 1. The third kappa shape index (κ3) is 1.11. The van der Waals surface area contributed by atoms with Gasteiger partial charge in [-0.15, -0.1) is 0 Å². The van der Waals surface area contributed by atoms with Crippen molar-refractivity contribution in [2.24, 2.45) is 0 Å². The van der Waals surface area contributed by atoms with Crippen LogP contribution in [0.15, 0.2) is 11.2 Å². The zero-order chi connectivity index (χ0) is 5.11. The molecular formula is C4H5NOS. The predicted octanol–water partition coefficient (Wildman–Crippen LogP) is 0.764. The molecule has 0 bridgehead atoms. The van der Waals surface area contributed by atoms with Crippen molar-refractivity contribution in [1.29, 1.82) is 0 Å². The minimum Gasteiger partial charge on any atom is -0.498 e. The Morgan fingerprint density at radius 2 is 2.86 bits per heavy atom. The highest BCUT2D eigenvalue weighted by molar-refractivity contribution is 8.00. The van der Waals surface area contributed by atoms with Crippen LogP contribution in [0.1, 0.15) is 0 Å². The van der Waals surface area contributed by atoms with Gasteiger partial charge in [0.2, 0.25) is 0 Å². The highest BCUT2D eigenvalue weighted by Crippen LogP contribution is 2.14. The molecule has 7 heavy (non-hydrogen) atoms. The Labute approximate surface area is 47.1 Å². The number of ether oxygens (including phenoxy) is 1. The molecule has 0 spiro atoms. The van der Waals surface area contributed by atoms with E-state index in [1.54, 1.807) is 7.11 Å². The largest absolute Gasteiger partial charge is 0.498 e. The van der Waals surface area contributed by atoms with Crippen molar-refractivity contribution >= 4 is 11.9 Å². The van der Waals surface area contributed by atoms with Crippen molar-refractivity contribution in [2.45, 2.75) is 0 Å². The first-order valence-corrected chi connectivity index (χ1v) is 2.72. The molecule has 0 aromatic rings. The van der Waals surface area contributed by atoms with Crippen LogP contribution in [0.4, 0.5) is 0 Å². The Morgan fingerprint density at radius 1 is 2.00 bits per heavy atom. The van der Waals surface area contributed by atoms with Crippen LogP contribution in [0.3, 0.4) is 0 Å². The first kappa shape index (κ1) is 5.00. The van der Waals surface area contributed by atoms with Gasteiger partial charge in [0.15, 0.2) is 0 Å². The number of nitrogens with one attached hydrogen (secondary N) is 1. The van der Waals surface area contributed by atoms with Crippen LogP contribution in [0.2, 0.25) is 0 Å². The van der Waals surface area contributed by atoms with E-state index in [-0.39, 0.29) is 0 Å². The lowest BCUT2D eigenvalue weighted by molar-refractivity contribution is 0.300. The van der Waals surface area contributed by atoms with Gasteiger partial charge in [-0.05, 0) is 11.9 Å². The Kier molecular flexibility index (Phi) is 1.59. The highest BCUT2D eigenvalue weighted by Gasteiger charge is 2.02. The van der Waals surface area contributed by atoms with Crippen molar-refractivity contribution in [3.63, 3.8) is 0 Å². The van der Waals surface area contributed by atoms with Gasteiger partial charge < -0.3 is 4.74 Å². The van der Waals surface area contributed by atoms with Gasteiger partial charge in [-0.1, -0.05) is 0 Å². The van der Waals surface area contributed by atoms with E-state index in [9.17, 15) is 0 Å². The fraction of sp³-hybridized carbons (Fsp3) is 0.250. The molecule has 0 aromatic heterocycles. The quantitative estimate of drug-likeness (QED) is 0.510. The van der Waals surface area contributed by atoms with Gasteiger partial charge in [-0.25, -0.2) is 4.72 Å². The lowest BCUT2D eigenvalue weighted by Gasteiger charge is -1.91. The summed E-state index contributed by atoms with van der Waals surface area (Å²) in [4.78, 5) is 0. The molecule has 0 aliphatic carbocycles. The Bertz CT molecular complexity index is 91.7.